The van der Waals surface area contributed by atoms with Gasteiger partial charge in [0.2, 0.25) is 5.13 Å². The highest BCUT2D eigenvalue weighted by Crippen LogP contribution is 2.39. The SMILES string of the molecule is CCn1ncc(-c2cnc(N(C(=O)OC(C)(C)C)C(=O)OC(C)(C)C)s2)c1CC1CC1. The molecule has 0 radical (unpaired) electrons. The number of carbonyl (C=O) groups excluding carboxylic acids is 2. The van der Waals surface area contributed by atoms with Crippen LogP contribution >= 0.6 is 11.3 Å². The van der Waals surface area contributed by atoms with Crippen LogP contribution in [0, 0.1) is 5.92 Å². The van der Waals surface area contributed by atoms with Gasteiger partial charge in [-0.05, 0) is 73.6 Å². The van der Waals surface area contributed by atoms with Gasteiger partial charge in [-0.1, -0.05) is 11.3 Å². The molecule has 9 heteroatoms. The Morgan fingerprint density at radius 3 is 2.16 bits per heavy atom. The molecule has 2 aromatic rings. The monoisotopic (exact) mass is 448 g/mol. The number of thiazole rings is 1. The van der Waals surface area contributed by atoms with Crippen molar-refractivity contribution in [1.29, 1.82) is 0 Å². The summed E-state index contributed by atoms with van der Waals surface area (Å²) in [4.78, 5) is 31.8. The maximum Gasteiger partial charge on any atom is 0.426 e. The normalized spacial score (nSPS) is 14.4. The molecule has 2 aromatic heterocycles. The molecule has 2 amide bonds. The summed E-state index contributed by atoms with van der Waals surface area (Å²) in [5, 5.41) is 4.72. The molecule has 2 heterocycles. The number of imide groups is 1. The lowest BCUT2D eigenvalue weighted by molar-refractivity contribution is 0.0430. The molecule has 8 nitrogen and oxygen atoms in total. The summed E-state index contributed by atoms with van der Waals surface area (Å²) in [6.07, 6.45) is 5.34. The van der Waals surface area contributed by atoms with Crippen LogP contribution in [0.4, 0.5) is 14.7 Å². The molecule has 0 saturated heterocycles. The molecule has 0 aliphatic heterocycles. The predicted molar refractivity (Wildman–Crippen MR) is 120 cm³/mol. The fraction of sp³-hybridized carbons (Fsp3) is 0.636. The molecular formula is C22H32N4O4S. The Labute approximate surface area is 187 Å². The van der Waals surface area contributed by atoms with Crippen LogP contribution < -0.4 is 4.90 Å². The Hall–Kier alpha value is -2.42. The minimum absolute atomic E-state index is 0.208. The number of anilines is 1. The first-order valence-electron chi connectivity index (χ1n) is 10.6. The Morgan fingerprint density at radius 2 is 1.68 bits per heavy atom. The average Bonchev–Trinajstić information content (AvgIpc) is 3.14. The molecule has 3 rings (SSSR count). The second kappa shape index (κ2) is 8.61. The minimum atomic E-state index is -0.815. The number of carbonyl (C=O) groups is 2. The Kier molecular flexibility index (Phi) is 6.45. The number of nitrogens with zero attached hydrogens (tertiary/aromatic N) is 4. The van der Waals surface area contributed by atoms with Crippen molar-refractivity contribution in [2.75, 3.05) is 4.90 Å². The van der Waals surface area contributed by atoms with Gasteiger partial charge in [-0.25, -0.2) is 14.6 Å². The highest BCUT2D eigenvalue weighted by molar-refractivity contribution is 7.19. The third-order valence-corrected chi connectivity index (χ3v) is 5.55. The van der Waals surface area contributed by atoms with E-state index >= 15 is 0 Å². The van der Waals surface area contributed by atoms with Gasteiger partial charge in [0.15, 0.2) is 0 Å². The number of hydrogen-bond donors (Lipinski definition) is 0. The summed E-state index contributed by atoms with van der Waals surface area (Å²) in [5.41, 5.74) is 0.626. The first kappa shape index (κ1) is 23.2. The third kappa shape index (κ3) is 6.06. The first-order valence-corrected chi connectivity index (χ1v) is 11.5. The number of hydrogen-bond acceptors (Lipinski definition) is 7. The Bertz CT molecular complexity index is 920. The van der Waals surface area contributed by atoms with Crippen molar-refractivity contribution >= 4 is 28.7 Å². The zero-order chi connectivity index (χ0) is 23.0. The maximum absolute atomic E-state index is 12.9. The summed E-state index contributed by atoms with van der Waals surface area (Å²) < 4.78 is 12.9. The van der Waals surface area contributed by atoms with Crippen molar-refractivity contribution in [3.8, 4) is 10.4 Å². The van der Waals surface area contributed by atoms with Crippen LogP contribution in [-0.4, -0.2) is 38.2 Å². The van der Waals surface area contributed by atoms with Crippen molar-refractivity contribution in [1.82, 2.24) is 14.8 Å². The molecule has 0 N–H and O–H groups in total. The van der Waals surface area contributed by atoms with E-state index < -0.39 is 23.4 Å². The third-order valence-electron chi connectivity index (χ3n) is 4.53. The average molecular weight is 449 g/mol. The zero-order valence-electron chi connectivity index (χ0n) is 19.4. The molecule has 0 aromatic carbocycles. The molecule has 1 fully saturated rings. The van der Waals surface area contributed by atoms with Crippen LogP contribution in [0.25, 0.3) is 10.4 Å². The van der Waals surface area contributed by atoms with Crippen molar-refractivity contribution < 1.29 is 19.1 Å². The molecule has 0 unspecified atom stereocenters. The van der Waals surface area contributed by atoms with Gasteiger partial charge >= 0.3 is 12.2 Å². The quantitative estimate of drug-likeness (QED) is 0.587. The van der Waals surface area contributed by atoms with Gasteiger partial charge in [-0.2, -0.15) is 10.00 Å². The fourth-order valence-electron chi connectivity index (χ4n) is 3.04. The van der Waals surface area contributed by atoms with Crippen LogP contribution in [0.2, 0.25) is 0 Å². The summed E-state index contributed by atoms with van der Waals surface area (Å²) in [5.74, 6) is 0.702. The van der Waals surface area contributed by atoms with Gasteiger partial charge in [-0.3, -0.25) is 4.68 Å². The van der Waals surface area contributed by atoms with E-state index in [1.54, 1.807) is 47.7 Å². The Morgan fingerprint density at radius 1 is 1.10 bits per heavy atom. The molecule has 1 aliphatic rings. The molecule has 0 spiro atoms. The number of rotatable bonds is 5. The smallest absolute Gasteiger partial charge is 0.426 e. The van der Waals surface area contributed by atoms with Gasteiger partial charge in [0.05, 0.1) is 11.1 Å². The molecular weight excluding hydrogens is 416 g/mol. The summed E-state index contributed by atoms with van der Waals surface area (Å²) in [6.45, 7) is 13.3. The van der Waals surface area contributed by atoms with Crippen LogP contribution in [0.3, 0.4) is 0 Å². The largest absolute Gasteiger partial charge is 0.443 e. The van der Waals surface area contributed by atoms with Crippen LogP contribution in [0.15, 0.2) is 12.4 Å². The molecule has 1 saturated carbocycles. The van der Waals surface area contributed by atoms with E-state index in [1.807, 2.05) is 10.9 Å². The number of ether oxygens (including phenoxy) is 2. The van der Waals surface area contributed by atoms with Gasteiger partial charge in [0.25, 0.3) is 0 Å². The predicted octanol–water partition coefficient (Wildman–Crippen LogP) is 5.66. The van der Waals surface area contributed by atoms with E-state index in [4.69, 9.17) is 9.47 Å². The number of aryl methyl sites for hydroxylation is 1. The standard InChI is InChI=1S/C22H32N4O4S/c1-8-25-16(11-14-9-10-14)15(12-24-25)17-13-23-18(31-17)26(19(27)29-21(2,3)4)20(28)30-22(5,6)7/h12-14H,8-11H2,1-7H3. The molecule has 31 heavy (non-hydrogen) atoms. The lowest BCUT2D eigenvalue weighted by Crippen LogP contribution is -2.43. The number of amides is 2. The summed E-state index contributed by atoms with van der Waals surface area (Å²) in [7, 11) is 0. The highest BCUT2D eigenvalue weighted by Gasteiger charge is 2.35. The minimum Gasteiger partial charge on any atom is -0.443 e. The molecule has 1 aliphatic carbocycles. The van der Waals surface area contributed by atoms with Crippen molar-refractivity contribution in [2.24, 2.45) is 5.92 Å². The second-order valence-corrected chi connectivity index (χ2v) is 10.8. The fourth-order valence-corrected chi connectivity index (χ4v) is 3.97. The lowest BCUT2D eigenvalue weighted by Gasteiger charge is -2.27. The highest BCUT2D eigenvalue weighted by atomic mass is 32.1. The van der Waals surface area contributed by atoms with Gasteiger partial charge in [-0.15, -0.1) is 0 Å². The maximum atomic E-state index is 12.9. The second-order valence-electron chi connectivity index (χ2n) is 9.77. The van der Waals surface area contributed by atoms with Gasteiger partial charge in [0, 0.05) is 24.0 Å². The van der Waals surface area contributed by atoms with E-state index in [-0.39, 0.29) is 5.13 Å². The van der Waals surface area contributed by atoms with E-state index in [0.717, 1.165) is 28.3 Å². The van der Waals surface area contributed by atoms with Crippen LogP contribution in [-0.2, 0) is 22.4 Å². The van der Waals surface area contributed by atoms with Crippen molar-refractivity contribution in [3.63, 3.8) is 0 Å². The first-order chi connectivity index (χ1) is 14.4. The van der Waals surface area contributed by atoms with E-state index in [9.17, 15) is 9.59 Å². The number of aromatic nitrogens is 3. The van der Waals surface area contributed by atoms with Gasteiger partial charge in [0.1, 0.15) is 11.2 Å². The lowest BCUT2D eigenvalue weighted by atomic mass is 10.1. The summed E-state index contributed by atoms with van der Waals surface area (Å²) >= 11 is 1.25. The molecule has 0 bridgehead atoms. The van der Waals surface area contributed by atoms with E-state index in [2.05, 4.69) is 17.0 Å². The molecule has 170 valence electrons. The van der Waals surface area contributed by atoms with Crippen molar-refractivity contribution in [3.05, 3.63) is 18.1 Å². The van der Waals surface area contributed by atoms with Crippen LogP contribution in [0.1, 0.15) is 67.0 Å². The van der Waals surface area contributed by atoms with E-state index in [0.29, 0.717) is 5.92 Å². The van der Waals surface area contributed by atoms with Gasteiger partial charge < -0.3 is 9.47 Å². The van der Waals surface area contributed by atoms with E-state index in [1.165, 1.54) is 29.9 Å². The molecule has 0 atom stereocenters. The Balaban J connectivity index is 1.94. The van der Waals surface area contributed by atoms with Crippen molar-refractivity contribution in [2.45, 2.75) is 85.5 Å². The topological polar surface area (TPSA) is 86.5 Å². The van der Waals surface area contributed by atoms with Crippen LogP contribution in [0.5, 0.6) is 0 Å². The summed E-state index contributed by atoms with van der Waals surface area (Å²) in [6, 6.07) is 0. The zero-order valence-corrected chi connectivity index (χ0v) is 20.2.